The van der Waals surface area contributed by atoms with Gasteiger partial charge in [0.2, 0.25) is 0 Å². The zero-order valence-corrected chi connectivity index (χ0v) is 12.7. The Morgan fingerprint density at radius 1 is 1.11 bits per heavy atom. The average Bonchev–Trinajstić information content (AvgIpc) is 2.47. The van der Waals surface area contributed by atoms with Crippen molar-refractivity contribution in [1.29, 1.82) is 0 Å². The van der Waals surface area contributed by atoms with Crippen LogP contribution in [0.1, 0.15) is 11.5 Å². The Morgan fingerprint density at radius 2 is 1.79 bits per heavy atom. The minimum atomic E-state index is -1.53. The predicted octanol–water partition coefficient (Wildman–Crippen LogP) is 3.97. The molecular weight excluding hydrogens is 246 g/mol. The molecule has 2 heteroatoms. The second kappa shape index (κ2) is 5.98. The van der Waals surface area contributed by atoms with Crippen LogP contribution >= 0.6 is 0 Å². The zero-order chi connectivity index (χ0) is 13.7. The third-order valence-corrected chi connectivity index (χ3v) is 6.74. The summed E-state index contributed by atoms with van der Waals surface area (Å²) >= 11 is 0. The quantitative estimate of drug-likeness (QED) is 0.590. The van der Waals surface area contributed by atoms with Crippen molar-refractivity contribution < 1.29 is 0 Å². The van der Waals surface area contributed by atoms with Gasteiger partial charge in [-0.25, -0.2) is 0 Å². The fourth-order valence-corrected chi connectivity index (χ4v) is 5.14. The fraction of sp³-hybridized carbons (Fsp3) is 0.235. The summed E-state index contributed by atoms with van der Waals surface area (Å²) in [5.74, 6) is 0.421. The van der Waals surface area contributed by atoms with E-state index in [1.807, 2.05) is 12.3 Å². The second-order valence-corrected chi connectivity index (χ2v) is 10.2. The van der Waals surface area contributed by atoms with Crippen molar-refractivity contribution in [2.45, 2.75) is 25.1 Å². The lowest BCUT2D eigenvalue weighted by atomic mass is 10.0. The highest BCUT2D eigenvalue weighted by atomic mass is 28.3. The maximum atomic E-state index is 4.56. The number of rotatable bonds is 5. The molecular formula is C17H21NSi. The third-order valence-electron chi connectivity index (χ3n) is 3.60. The molecule has 0 saturated carbocycles. The van der Waals surface area contributed by atoms with E-state index in [4.69, 9.17) is 0 Å². The van der Waals surface area contributed by atoms with Crippen LogP contribution in [0.5, 0.6) is 0 Å². The minimum Gasteiger partial charge on any atom is -0.266 e. The zero-order valence-electron chi connectivity index (χ0n) is 11.7. The summed E-state index contributed by atoms with van der Waals surface area (Å²) in [6.45, 7) is 8.78. The molecule has 0 aliphatic heterocycles. The summed E-state index contributed by atoms with van der Waals surface area (Å²) in [4.78, 5) is 4.56. The lowest BCUT2D eigenvalue weighted by Crippen LogP contribution is -2.44. The number of hydrogen-bond acceptors (Lipinski definition) is 1. The monoisotopic (exact) mass is 267 g/mol. The molecule has 19 heavy (non-hydrogen) atoms. The summed E-state index contributed by atoms with van der Waals surface area (Å²) in [6, 6.07) is 18.0. The van der Waals surface area contributed by atoms with E-state index in [-0.39, 0.29) is 0 Å². The Labute approximate surface area is 117 Å². The smallest absolute Gasteiger partial charge is 0.105 e. The maximum absolute atomic E-state index is 4.56. The summed E-state index contributed by atoms with van der Waals surface area (Å²) in [5, 5.41) is 1.28. The van der Waals surface area contributed by atoms with Gasteiger partial charge in [0.1, 0.15) is 8.07 Å². The van der Waals surface area contributed by atoms with Crippen LogP contribution in [0.4, 0.5) is 0 Å². The molecule has 0 saturated heterocycles. The SMILES string of the molecule is C=CC(C[Si](C)(C)c1ccccn1)c1ccccc1. The first kappa shape index (κ1) is 13.8. The van der Waals surface area contributed by atoms with Gasteiger partial charge in [-0.1, -0.05) is 55.6 Å². The Morgan fingerprint density at radius 3 is 2.37 bits per heavy atom. The highest BCUT2D eigenvalue weighted by Gasteiger charge is 2.28. The van der Waals surface area contributed by atoms with Gasteiger partial charge >= 0.3 is 0 Å². The second-order valence-electron chi connectivity index (χ2n) is 5.56. The van der Waals surface area contributed by atoms with Crippen molar-refractivity contribution >= 4 is 13.4 Å². The molecule has 1 aromatic carbocycles. The molecule has 0 amide bonds. The van der Waals surface area contributed by atoms with Crippen LogP contribution in [0, 0.1) is 0 Å². The minimum absolute atomic E-state index is 0.421. The number of benzene rings is 1. The van der Waals surface area contributed by atoms with E-state index in [9.17, 15) is 0 Å². The molecule has 0 aliphatic rings. The first-order valence-corrected chi connectivity index (χ1v) is 9.93. The molecule has 0 N–H and O–H groups in total. The van der Waals surface area contributed by atoms with Crippen LogP contribution < -0.4 is 5.32 Å². The molecule has 1 aromatic heterocycles. The Hall–Kier alpha value is -1.67. The van der Waals surface area contributed by atoms with Crippen molar-refractivity contribution in [3.63, 3.8) is 0 Å². The maximum Gasteiger partial charge on any atom is 0.105 e. The third kappa shape index (κ3) is 3.41. The van der Waals surface area contributed by atoms with Crippen molar-refractivity contribution in [2.24, 2.45) is 0 Å². The molecule has 98 valence electrons. The predicted molar refractivity (Wildman–Crippen MR) is 85.5 cm³/mol. The Kier molecular flexibility index (Phi) is 4.33. The van der Waals surface area contributed by atoms with Gasteiger partial charge in [-0.2, -0.15) is 0 Å². The molecule has 1 atom stereocenters. The highest BCUT2D eigenvalue weighted by molar-refractivity contribution is 6.89. The molecule has 2 rings (SSSR count). The van der Waals surface area contributed by atoms with E-state index >= 15 is 0 Å². The summed E-state index contributed by atoms with van der Waals surface area (Å²) in [5.41, 5.74) is 1.36. The molecule has 1 unspecified atom stereocenters. The van der Waals surface area contributed by atoms with Crippen molar-refractivity contribution in [1.82, 2.24) is 4.98 Å². The van der Waals surface area contributed by atoms with Crippen LogP contribution in [-0.4, -0.2) is 13.1 Å². The van der Waals surface area contributed by atoms with E-state index in [2.05, 4.69) is 73.2 Å². The van der Waals surface area contributed by atoms with Crippen molar-refractivity contribution in [3.8, 4) is 0 Å². The number of aromatic nitrogens is 1. The van der Waals surface area contributed by atoms with Crippen molar-refractivity contribution in [2.75, 3.05) is 0 Å². The van der Waals surface area contributed by atoms with Gasteiger partial charge in [0.05, 0.1) is 0 Å². The fourth-order valence-electron chi connectivity index (χ4n) is 2.45. The van der Waals surface area contributed by atoms with Gasteiger partial charge in [-0.05, 0) is 29.7 Å². The van der Waals surface area contributed by atoms with E-state index in [0.29, 0.717) is 5.92 Å². The lowest BCUT2D eigenvalue weighted by Gasteiger charge is -2.26. The summed E-state index contributed by atoms with van der Waals surface area (Å²) < 4.78 is 0. The molecule has 0 fully saturated rings. The standard InChI is InChI=1S/C17H21NSi/c1-4-15(16-10-6-5-7-11-16)14-19(2,3)17-12-8-9-13-18-17/h4-13,15H,1,14H2,2-3H3. The van der Waals surface area contributed by atoms with Crippen LogP contribution in [0.15, 0.2) is 67.4 Å². The molecule has 0 aliphatic carbocycles. The lowest BCUT2D eigenvalue weighted by molar-refractivity contribution is 0.944. The average molecular weight is 267 g/mol. The topological polar surface area (TPSA) is 12.9 Å². The van der Waals surface area contributed by atoms with E-state index < -0.39 is 8.07 Å². The largest absolute Gasteiger partial charge is 0.266 e. The number of allylic oxidation sites excluding steroid dienone is 1. The summed E-state index contributed by atoms with van der Waals surface area (Å²) in [6.07, 6.45) is 3.97. The van der Waals surface area contributed by atoms with Gasteiger partial charge < -0.3 is 0 Å². The number of pyridine rings is 1. The van der Waals surface area contributed by atoms with Gasteiger partial charge in [0, 0.05) is 11.5 Å². The molecule has 0 radical (unpaired) electrons. The molecule has 0 bridgehead atoms. The normalized spacial score (nSPS) is 12.9. The Balaban J connectivity index is 2.21. The van der Waals surface area contributed by atoms with Gasteiger partial charge in [-0.15, -0.1) is 6.58 Å². The van der Waals surface area contributed by atoms with E-state index in [0.717, 1.165) is 6.04 Å². The van der Waals surface area contributed by atoms with Crippen LogP contribution in [-0.2, 0) is 0 Å². The van der Waals surface area contributed by atoms with E-state index in [1.54, 1.807) is 0 Å². The van der Waals surface area contributed by atoms with Crippen molar-refractivity contribution in [3.05, 3.63) is 72.9 Å². The Bertz CT molecular complexity index is 519. The van der Waals surface area contributed by atoms with Gasteiger partial charge in [-0.3, -0.25) is 4.98 Å². The van der Waals surface area contributed by atoms with Gasteiger partial charge in [0.15, 0.2) is 0 Å². The highest BCUT2D eigenvalue weighted by Crippen LogP contribution is 2.27. The van der Waals surface area contributed by atoms with Gasteiger partial charge in [0.25, 0.3) is 0 Å². The summed E-state index contributed by atoms with van der Waals surface area (Å²) in [7, 11) is -1.53. The molecule has 1 nitrogen and oxygen atoms in total. The molecule has 0 spiro atoms. The van der Waals surface area contributed by atoms with Crippen LogP contribution in [0.2, 0.25) is 19.1 Å². The first-order valence-electron chi connectivity index (χ1n) is 6.72. The molecule has 1 heterocycles. The number of hydrogen-bond donors (Lipinski definition) is 0. The van der Waals surface area contributed by atoms with Crippen LogP contribution in [0.25, 0.3) is 0 Å². The molecule has 2 aromatic rings. The first-order chi connectivity index (χ1) is 9.13. The van der Waals surface area contributed by atoms with Crippen LogP contribution in [0.3, 0.4) is 0 Å². The number of nitrogens with zero attached hydrogens (tertiary/aromatic N) is 1. The van der Waals surface area contributed by atoms with E-state index in [1.165, 1.54) is 10.9 Å².